The molecule has 3 rings (SSSR count). The minimum absolute atomic E-state index is 0. The van der Waals surface area contributed by atoms with E-state index in [1.807, 2.05) is 0 Å². The highest BCUT2D eigenvalue weighted by Crippen LogP contribution is 2.35. The van der Waals surface area contributed by atoms with Gasteiger partial charge in [-0.25, -0.2) is 17.9 Å². The number of nitrogens with one attached hydrogen (secondary N) is 1. The topological polar surface area (TPSA) is 108 Å². The zero-order valence-corrected chi connectivity index (χ0v) is 17.9. The van der Waals surface area contributed by atoms with Crippen molar-refractivity contribution in [2.45, 2.75) is 62.5 Å². The molecule has 0 saturated heterocycles. The highest BCUT2D eigenvalue weighted by atomic mass is 35.5. The normalized spacial score (nSPS) is 26.7. The lowest BCUT2D eigenvalue weighted by Gasteiger charge is -2.42. The fraction of sp³-hybridized carbons (Fsp3) is 0.632. The quantitative estimate of drug-likeness (QED) is 0.667. The van der Waals surface area contributed by atoms with Crippen molar-refractivity contribution >= 4 is 28.4 Å². The number of nitrogens with two attached hydrogens (primary N) is 1. The minimum Gasteiger partial charge on any atom is -0.478 e. The Balaban J connectivity index is 0.00000280. The summed E-state index contributed by atoms with van der Waals surface area (Å²) in [6, 6.07) is 4.68. The van der Waals surface area contributed by atoms with E-state index in [0.717, 1.165) is 25.7 Å². The average Bonchev–Trinajstić information content (AvgIpc) is 3.07. The molecule has 1 aromatic carbocycles. The largest absolute Gasteiger partial charge is 0.478 e. The van der Waals surface area contributed by atoms with Crippen molar-refractivity contribution in [1.29, 1.82) is 0 Å². The highest BCUT2D eigenvalue weighted by molar-refractivity contribution is 7.89. The second-order valence-electron chi connectivity index (χ2n) is 7.44. The molecule has 1 aromatic rings. The van der Waals surface area contributed by atoms with Crippen LogP contribution in [0.15, 0.2) is 23.1 Å². The van der Waals surface area contributed by atoms with Gasteiger partial charge >= 0.3 is 5.97 Å². The first-order valence-corrected chi connectivity index (χ1v) is 11.0. The van der Waals surface area contributed by atoms with Gasteiger partial charge in [-0.05, 0) is 49.4 Å². The Bertz CT molecular complexity index is 817. The van der Waals surface area contributed by atoms with Crippen LogP contribution in [0, 0.1) is 5.92 Å². The first kappa shape index (κ1) is 22.9. The maximum atomic E-state index is 13.0. The summed E-state index contributed by atoms with van der Waals surface area (Å²) >= 11 is 0. The predicted molar refractivity (Wildman–Crippen MR) is 108 cm³/mol. The predicted octanol–water partition coefficient (Wildman–Crippen LogP) is 2.16. The molecule has 3 atom stereocenters. The first-order chi connectivity index (χ1) is 12.8. The van der Waals surface area contributed by atoms with Crippen molar-refractivity contribution in [2.24, 2.45) is 11.7 Å². The molecule has 1 saturated carbocycles. The third kappa shape index (κ3) is 4.45. The maximum absolute atomic E-state index is 13.0. The summed E-state index contributed by atoms with van der Waals surface area (Å²) in [4.78, 5) is 12.1. The molecular weight excluding hydrogens is 404 g/mol. The lowest BCUT2D eigenvalue weighted by Crippen LogP contribution is -2.58. The maximum Gasteiger partial charge on any atom is 0.347 e. The Morgan fingerprint density at radius 3 is 2.79 bits per heavy atom. The average molecular weight is 433 g/mol. The summed E-state index contributed by atoms with van der Waals surface area (Å²) < 4.78 is 39.5. The Morgan fingerprint density at radius 1 is 1.39 bits per heavy atom. The van der Waals surface area contributed by atoms with Crippen LogP contribution in [0.2, 0.25) is 0 Å². The number of sulfonamides is 1. The summed E-state index contributed by atoms with van der Waals surface area (Å²) in [7, 11) is -3.73. The van der Waals surface area contributed by atoms with Crippen LogP contribution in [-0.4, -0.2) is 39.2 Å². The van der Waals surface area contributed by atoms with Gasteiger partial charge in [-0.15, -0.1) is 12.4 Å². The van der Waals surface area contributed by atoms with Crippen molar-refractivity contribution in [3.8, 4) is 5.75 Å². The van der Waals surface area contributed by atoms with Gasteiger partial charge in [0.2, 0.25) is 10.0 Å². The molecule has 7 nitrogen and oxygen atoms in total. The molecule has 0 spiro atoms. The number of benzene rings is 1. The van der Waals surface area contributed by atoms with E-state index in [2.05, 4.69) is 11.6 Å². The van der Waals surface area contributed by atoms with Crippen molar-refractivity contribution in [1.82, 2.24) is 4.72 Å². The van der Waals surface area contributed by atoms with Gasteiger partial charge in [-0.1, -0.05) is 19.8 Å². The zero-order valence-electron chi connectivity index (χ0n) is 16.3. The van der Waals surface area contributed by atoms with Crippen molar-refractivity contribution < 1.29 is 22.7 Å². The summed E-state index contributed by atoms with van der Waals surface area (Å²) in [5.41, 5.74) is 6.06. The molecule has 158 valence electrons. The summed E-state index contributed by atoms with van der Waals surface area (Å²) in [5.74, 6) is 0.262. The molecule has 1 aliphatic heterocycles. The molecule has 2 aliphatic rings. The van der Waals surface area contributed by atoms with E-state index in [9.17, 15) is 13.2 Å². The lowest BCUT2D eigenvalue weighted by molar-refractivity contribution is -0.150. The number of carbonyl (C=O) groups is 1. The van der Waals surface area contributed by atoms with E-state index >= 15 is 0 Å². The molecule has 9 heteroatoms. The van der Waals surface area contributed by atoms with Crippen LogP contribution >= 0.6 is 12.4 Å². The molecule has 3 N–H and O–H groups in total. The summed E-state index contributed by atoms with van der Waals surface area (Å²) in [5, 5.41) is 0. The van der Waals surface area contributed by atoms with Crippen LogP contribution in [0.1, 0.15) is 45.1 Å². The second kappa shape index (κ2) is 8.98. The van der Waals surface area contributed by atoms with E-state index in [4.69, 9.17) is 15.2 Å². The van der Waals surface area contributed by atoms with Crippen LogP contribution < -0.4 is 15.2 Å². The highest BCUT2D eigenvalue weighted by Gasteiger charge is 2.41. The molecule has 1 aliphatic carbocycles. The van der Waals surface area contributed by atoms with E-state index in [1.54, 1.807) is 19.1 Å². The molecular formula is C19H29ClN2O5S. The smallest absolute Gasteiger partial charge is 0.347 e. The standard InChI is InChI=1S/C19H28N2O5S.ClH/c1-3-25-18(22)17-11-14-10-15(7-8-16(14)26-17)27(23,24)21-19(12-20)9-5-4-6-13(19)2;/h7-8,10,13,17,21H,3-6,9,11-12,20H2,1-2H3;1H. The number of rotatable bonds is 6. The number of fused-ring (bicyclic) bond motifs is 1. The van der Waals surface area contributed by atoms with Gasteiger partial charge in [0.05, 0.1) is 11.5 Å². The van der Waals surface area contributed by atoms with Gasteiger partial charge in [-0.3, -0.25) is 0 Å². The first-order valence-electron chi connectivity index (χ1n) is 9.51. The monoisotopic (exact) mass is 432 g/mol. The van der Waals surface area contributed by atoms with Gasteiger partial charge in [0.15, 0.2) is 6.10 Å². The SMILES string of the molecule is CCOC(=O)C1Cc2cc(S(=O)(=O)NC3(CN)CCCCC3C)ccc2O1.Cl. The Labute approximate surface area is 172 Å². The van der Waals surface area contributed by atoms with Crippen molar-refractivity contribution in [3.05, 3.63) is 23.8 Å². The summed E-state index contributed by atoms with van der Waals surface area (Å²) in [6.45, 7) is 4.33. The lowest BCUT2D eigenvalue weighted by atomic mass is 9.74. The van der Waals surface area contributed by atoms with Gasteiger partial charge < -0.3 is 15.2 Å². The fourth-order valence-corrected chi connectivity index (χ4v) is 5.58. The second-order valence-corrected chi connectivity index (χ2v) is 9.13. The van der Waals surface area contributed by atoms with E-state index in [0.29, 0.717) is 17.7 Å². The van der Waals surface area contributed by atoms with Gasteiger partial charge in [-0.2, -0.15) is 0 Å². The number of esters is 1. The van der Waals surface area contributed by atoms with Crippen molar-refractivity contribution in [2.75, 3.05) is 13.2 Å². The number of hydrogen-bond donors (Lipinski definition) is 2. The van der Waals surface area contributed by atoms with Crippen LogP contribution in [0.4, 0.5) is 0 Å². The number of ether oxygens (including phenoxy) is 2. The molecule has 0 amide bonds. The van der Waals surface area contributed by atoms with Gasteiger partial charge in [0.1, 0.15) is 5.75 Å². The third-order valence-corrected chi connectivity index (χ3v) is 7.27. The Morgan fingerprint density at radius 2 is 2.14 bits per heavy atom. The zero-order chi connectivity index (χ0) is 19.7. The molecule has 0 radical (unpaired) electrons. The molecule has 0 aromatic heterocycles. The summed E-state index contributed by atoms with van der Waals surface area (Å²) in [6.07, 6.45) is 3.33. The van der Waals surface area contributed by atoms with Crippen LogP contribution in [0.5, 0.6) is 5.75 Å². The molecule has 0 bridgehead atoms. The molecule has 1 fully saturated rings. The fourth-order valence-electron chi connectivity index (χ4n) is 4.00. The molecule has 3 unspecified atom stereocenters. The van der Waals surface area contributed by atoms with Crippen LogP contribution in [0.25, 0.3) is 0 Å². The van der Waals surface area contributed by atoms with Crippen LogP contribution in [-0.2, 0) is 26.0 Å². The Hall–Kier alpha value is -1.35. The number of carbonyl (C=O) groups excluding carboxylic acids is 1. The van der Waals surface area contributed by atoms with Crippen molar-refractivity contribution in [3.63, 3.8) is 0 Å². The molecule has 28 heavy (non-hydrogen) atoms. The van der Waals surface area contributed by atoms with E-state index in [-0.39, 0.29) is 36.4 Å². The van der Waals surface area contributed by atoms with Gasteiger partial charge in [0.25, 0.3) is 0 Å². The van der Waals surface area contributed by atoms with Gasteiger partial charge in [0, 0.05) is 18.5 Å². The third-order valence-electron chi connectivity index (χ3n) is 5.72. The Kier molecular flexibility index (Phi) is 7.36. The number of halogens is 1. The van der Waals surface area contributed by atoms with E-state index in [1.165, 1.54) is 6.07 Å². The molecule has 1 heterocycles. The van der Waals surface area contributed by atoms with E-state index < -0.39 is 27.6 Å². The minimum atomic E-state index is -3.73. The van der Waals surface area contributed by atoms with Crippen LogP contribution in [0.3, 0.4) is 0 Å². The number of hydrogen-bond acceptors (Lipinski definition) is 6.